The summed E-state index contributed by atoms with van der Waals surface area (Å²) in [6.45, 7) is 2.15. The highest BCUT2D eigenvalue weighted by Gasteiger charge is 2.31. The summed E-state index contributed by atoms with van der Waals surface area (Å²) in [4.78, 5) is 16.3. The van der Waals surface area contributed by atoms with Crippen LogP contribution in [0.5, 0.6) is 0 Å². The van der Waals surface area contributed by atoms with E-state index < -0.39 is 6.10 Å². The molecule has 0 radical (unpaired) electrons. The van der Waals surface area contributed by atoms with E-state index in [2.05, 4.69) is 42.2 Å². The van der Waals surface area contributed by atoms with Crippen molar-refractivity contribution in [3.8, 4) is 0 Å². The fraction of sp³-hybridized carbons (Fsp3) is 0.591. The van der Waals surface area contributed by atoms with Crippen molar-refractivity contribution < 1.29 is 14.3 Å². The number of allylic oxidation sites excluding steroid dienone is 7. The van der Waals surface area contributed by atoms with Gasteiger partial charge in [0.1, 0.15) is 11.9 Å². The molecule has 2 rings (SSSR count). The molecule has 0 aliphatic heterocycles. The average Bonchev–Trinajstić information content (AvgIpc) is 3.00. The molecule has 3 heteroatoms. The summed E-state index contributed by atoms with van der Waals surface area (Å²) in [5.74, 6) is 0.608. The topological polar surface area (TPSA) is 26.3 Å². The van der Waals surface area contributed by atoms with Crippen molar-refractivity contribution in [1.82, 2.24) is 0 Å². The van der Waals surface area contributed by atoms with Crippen molar-refractivity contribution in [2.24, 2.45) is 11.8 Å². The van der Waals surface area contributed by atoms with Crippen LogP contribution in [0.3, 0.4) is 0 Å². The van der Waals surface area contributed by atoms with Crippen molar-refractivity contribution in [3.05, 3.63) is 48.1 Å². The van der Waals surface area contributed by atoms with Crippen LogP contribution >= 0.6 is 0 Å². The number of halogens is 1. The Bertz CT molecular complexity index is 530. The van der Waals surface area contributed by atoms with E-state index in [0.717, 1.165) is 44.9 Å². The number of hydrogen-bond donors (Lipinski definition) is 0. The van der Waals surface area contributed by atoms with Crippen LogP contribution in [0.25, 0.3) is 0 Å². The average molecular weight is 346 g/mol. The largest absolute Gasteiger partial charge is 0.299 e. The van der Waals surface area contributed by atoms with Gasteiger partial charge in [-0.05, 0) is 55.4 Å². The first-order valence-electron chi connectivity index (χ1n) is 9.72. The van der Waals surface area contributed by atoms with Gasteiger partial charge < -0.3 is 0 Å². The lowest BCUT2D eigenvalue weighted by Crippen LogP contribution is -2.13. The number of unbranched alkanes of at least 4 members (excludes halogenated alkanes) is 1. The number of rotatable bonds is 10. The highest BCUT2D eigenvalue weighted by Crippen LogP contribution is 2.33. The molecule has 2 aliphatic carbocycles. The molecule has 138 valence electrons. The van der Waals surface area contributed by atoms with Gasteiger partial charge in [0.05, 0.1) is 0 Å². The Morgan fingerprint density at radius 2 is 2.24 bits per heavy atom. The number of Topliss-reactive ketones (excluding diaryl/α,β-unsaturated/α-hetero) is 1. The molecule has 0 aromatic rings. The summed E-state index contributed by atoms with van der Waals surface area (Å²) >= 11 is 0. The summed E-state index contributed by atoms with van der Waals surface area (Å²) in [6.07, 6.45) is 22.1. The summed E-state index contributed by atoms with van der Waals surface area (Å²) in [7, 11) is 0. The van der Waals surface area contributed by atoms with Gasteiger partial charge in [0.25, 0.3) is 0 Å². The van der Waals surface area contributed by atoms with Crippen LogP contribution in [0.4, 0.5) is 4.53 Å². The molecule has 0 unspecified atom stereocenters. The molecular formula is C22H31FO2. The van der Waals surface area contributed by atoms with E-state index in [9.17, 15) is 9.32 Å². The van der Waals surface area contributed by atoms with Gasteiger partial charge in [-0.25, -0.2) is 0 Å². The Hall–Kier alpha value is -1.48. The standard InChI is InChI=1S/C22H31FO2/c1-2-3-4-8-11-21-19(14-17-22(21)24)13-16-20(25-23)15-12-18-9-6-5-7-10-18/h4-6,8-9,13,16,19-21H,2-3,7,10-12,14-15,17H2,1H3/b8-4-,16-13+/t19-,20-,21+/m0/s1. The van der Waals surface area contributed by atoms with Crippen molar-refractivity contribution in [2.75, 3.05) is 0 Å². The van der Waals surface area contributed by atoms with Crippen molar-refractivity contribution >= 4 is 5.78 Å². The second-order valence-corrected chi connectivity index (χ2v) is 7.11. The summed E-state index contributed by atoms with van der Waals surface area (Å²) < 4.78 is 12.9. The van der Waals surface area contributed by atoms with Crippen LogP contribution in [-0.2, 0) is 9.74 Å². The van der Waals surface area contributed by atoms with E-state index in [1.807, 2.05) is 12.2 Å². The van der Waals surface area contributed by atoms with Crippen molar-refractivity contribution in [3.63, 3.8) is 0 Å². The third-order valence-corrected chi connectivity index (χ3v) is 5.20. The smallest absolute Gasteiger partial charge is 0.136 e. The van der Waals surface area contributed by atoms with Crippen LogP contribution in [0.15, 0.2) is 48.1 Å². The molecule has 0 heterocycles. The monoisotopic (exact) mass is 346 g/mol. The molecule has 1 fully saturated rings. The zero-order valence-electron chi connectivity index (χ0n) is 15.3. The highest BCUT2D eigenvalue weighted by atomic mass is 19.3. The minimum Gasteiger partial charge on any atom is -0.299 e. The fourth-order valence-electron chi connectivity index (χ4n) is 3.62. The third-order valence-electron chi connectivity index (χ3n) is 5.20. The quantitative estimate of drug-likeness (QED) is 0.440. The Morgan fingerprint density at radius 3 is 2.96 bits per heavy atom. The van der Waals surface area contributed by atoms with Crippen molar-refractivity contribution in [2.45, 2.75) is 70.8 Å². The van der Waals surface area contributed by atoms with Gasteiger partial charge in [0.15, 0.2) is 0 Å². The fourth-order valence-corrected chi connectivity index (χ4v) is 3.62. The van der Waals surface area contributed by atoms with Gasteiger partial charge in [0, 0.05) is 12.3 Å². The van der Waals surface area contributed by atoms with E-state index >= 15 is 0 Å². The first-order valence-corrected chi connectivity index (χ1v) is 9.72. The predicted octanol–water partition coefficient (Wildman–Crippen LogP) is 6.21. The minimum atomic E-state index is -0.515. The summed E-state index contributed by atoms with van der Waals surface area (Å²) in [6, 6.07) is 0. The lowest BCUT2D eigenvalue weighted by atomic mass is 9.91. The van der Waals surface area contributed by atoms with Gasteiger partial charge >= 0.3 is 0 Å². The van der Waals surface area contributed by atoms with E-state index in [0.29, 0.717) is 18.6 Å². The van der Waals surface area contributed by atoms with E-state index in [1.54, 1.807) is 0 Å². The molecule has 0 spiro atoms. The van der Waals surface area contributed by atoms with E-state index in [4.69, 9.17) is 0 Å². The molecule has 0 saturated heterocycles. The van der Waals surface area contributed by atoms with Crippen LogP contribution in [0.2, 0.25) is 0 Å². The molecule has 2 nitrogen and oxygen atoms in total. The van der Waals surface area contributed by atoms with Gasteiger partial charge in [-0.1, -0.05) is 61.4 Å². The van der Waals surface area contributed by atoms with Crippen LogP contribution < -0.4 is 0 Å². The number of ketones is 1. The van der Waals surface area contributed by atoms with E-state index in [1.165, 1.54) is 5.57 Å². The van der Waals surface area contributed by atoms with Crippen LogP contribution in [0, 0.1) is 11.8 Å². The van der Waals surface area contributed by atoms with Gasteiger partial charge in [-0.2, -0.15) is 4.94 Å². The van der Waals surface area contributed by atoms with Crippen molar-refractivity contribution in [1.29, 1.82) is 0 Å². The molecule has 0 aromatic heterocycles. The lowest BCUT2D eigenvalue weighted by molar-refractivity contribution is -0.163. The molecule has 3 atom stereocenters. The molecule has 25 heavy (non-hydrogen) atoms. The van der Waals surface area contributed by atoms with Gasteiger partial charge in [-0.3, -0.25) is 4.79 Å². The SMILES string of the molecule is CCC/C=C\C[C@H]1C(=O)CC[C@@H]1/C=C/[C@H](CCC1=CC=CCC1)OF. The van der Waals surface area contributed by atoms with Crippen LogP contribution in [0.1, 0.15) is 64.7 Å². The van der Waals surface area contributed by atoms with E-state index in [-0.39, 0.29) is 11.8 Å². The molecule has 2 aliphatic rings. The minimum absolute atomic E-state index is 0.0517. The molecular weight excluding hydrogens is 315 g/mol. The first kappa shape index (κ1) is 19.8. The third kappa shape index (κ3) is 6.74. The maximum absolute atomic E-state index is 12.9. The Labute approximate surface area is 151 Å². The zero-order valence-corrected chi connectivity index (χ0v) is 15.3. The van der Waals surface area contributed by atoms with Gasteiger partial charge in [-0.15, -0.1) is 0 Å². The molecule has 1 saturated carbocycles. The number of hydrogen-bond acceptors (Lipinski definition) is 2. The lowest BCUT2D eigenvalue weighted by Gasteiger charge is -2.15. The second-order valence-electron chi connectivity index (χ2n) is 7.11. The number of carbonyl (C=O) groups excluding carboxylic acids is 1. The second kappa shape index (κ2) is 11.2. The predicted molar refractivity (Wildman–Crippen MR) is 101 cm³/mol. The molecule has 0 bridgehead atoms. The zero-order chi connectivity index (χ0) is 17.9. The Morgan fingerprint density at radius 1 is 1.36 bits per heavy atom. The maximum Gasteiger partial charge on any atom is 0.136 e. The maximum atomic E-state index is 12.9. The molecule has 0 aromatic carbocycles. The molecule has 0 N–H and O–H groups in total. The normalized spacial score (nSPS) is 25.2. The summed E-state index contributed by atoms with van der Waals surface area (Å²) in [5.41, 5.74) is 1.35. The molecule has 0 amide bonds. The highest BCUT2D eigenvalue weighted by molar-refractivity contribution is 5.83. The Balaban J connectivity index is 1.84. The van der Waals surface area contributed by atoms with Crippen LogP contribution in [-0.4, -0.2) is 11.9 Å². The first-order chi connectivity index (χ1) is 12.2. The summed E-state index contributed by atoms with van der Waals surface area (Å²) in [5, 5.41) is 0. The Kier molecular flexibility index (Phi) is 8.89. The van der Waals surface area contributed by atoms with Gasteiger partial charge in [0.2, 0.25) is 0 Å². The number of carbonyl (C=O) groups is 1.